The van der Waals surface area contributed by atoms with Crippen LogP contribution in [0.25, 0.3) is 0 Å². The predicted molar refractivity (Wildman–Crippen MR) is 62.1 cm³/mol. The van der Waals surface area contributed by atoms with Crippen LogP contribution in [-0.2, 0) is 4.74 Å². The summed E-state index contributed by atoms with van der Waals surface area (Å²) in [5.41, 5.74) is 0. The second-order valence-corrected chi connectivity index (χ2v) is 5.16. The molecule has 2 heterocycles. The minimum absolute atomic E-state index is 0.478. The number of likely N-dealkylation sites (N-methyl/N-ethyl adjacent to an activating group) is 1. The smallest absolute Gasteiger partial charge is 0.0706 e. The largest absolute Gasteiger partial charge is 0.374 e. The number of rotatable bonds is 4. The molecule has 3 unspecified atom stereocenters. The highest BCUT2D eigenvalue weighted by molar-refractivity contribution is 4.79. The fraction of sp³-hybridized carbons (Fsp3) is 1.00. The molecule has 0 bridgehead atoms. The Balaban J connectivity index is 1.65. The van der Waals surface area contributed by atoms with Gasteiger partial charge in [0.2, 0.25) is 0 Å². The molecule has 0 radical (unpaired) electrons. The third-order valence-corrected chi connectivity index (χ3v) is 3.53. The Bertz CT molecular complexity index is 192. The van der Waals surface area contributed by atoms with Crippen molar-refractivity contribution >= 4 is 0 Å². The monoisotopic (exact) mass is 212 g/mol. The van der Waals surface area contributed by atoms with Crippen molar-refractivity contribution in [1.82, 2.24) is 10.2 Å². The van der Waals surface area contributed by atoms with Crippen LogP contribution in [0.2, 0.25) is 0 Å². The summed E-state index contributed by atoms with van der Waals surface area (Å²) in [6.07, 6.45) is 6.12. The van der Waals surface area contributed by atoms with Crippen LogP contribution in [-0.4, -0.2) is 49.8 Å². The topological polar surface area (TPSA) is 24.5 Å². The number of nitrogens with one attached hydrogen (secondary N) is 1. The van der Waals surface area contributed by atoms with Gasteiger partial charge in [-0.3, -0.25) is 0 Å². The van der Waals surface area contributed by atoms with E-state index in [9.17, 15) is 0 Å². The van der Waals surface area contributed by atoms with Gasteiger partial charge in [0.05, 0.1) is 12.2 Å². The third-order valence-electron chi connectivity index (χ3n) is 3.53. The Kier molecular flexibility index (Phi) is 4.00. The highest BCUT2D eigenvalue weighted by Gasteiger charge is 2.24. The molecule has 0 spiro atoms. The zero-order chi connectivity index (χ0) is 10.7. The summed E-state index contributed by atoms with van der Waals surface area (Å²) in [5.74, 6) is 0. The van der Waals surface area contributed by atoms with Crippen molar-refractivity contribution in [3.05, 3.63) is 0 Å². The van der Waals surface area contributed by atoms with Gasteiger partial charge in [0, 0.05) is 19.1 Å². The van der Waals surface area contributed by atoms with E-state index in [1.54, 1.807) is 0 Å². The van der Waals surface area contributed by atoms with E-state index in [0.29, 0.717) is 18.2 Å². The molecule has 3 atom stereocenters. The first-order valence-electron chi connectivity index (χ1n) is 6.31. The van der Waals surface area contributed by atoms with Crippen molar-refractivity contribution in [3.8, 4) is 0 Å². The molecule has 0 aromatic rings. The number of nitrogens with zero attached hydrogens (tertiary/aromatic N) is 1. The first-order valence-corrected chi connectivity index (χ1v) is 6.31. The first kappa shape index (κ1) is 11.4. The van der Waals surface area contributed by atoms with Crippen LogP contribution >= 0.6 is 0 Å². The zero-order valence-electron chi connectivity index (χ0n) is 10.0. The Morgan fingerprint density at radius 2 is 2.13 bits per heavy atom. The summed E-state index contributed by atoms with van der Waals surface area (Å²) in [6, 6.07) is 0.717. The van der Waals surface area contributed by atoms with Gasteiger partial charge in [0.25, 0.3) is 0 Å². The maximum atomic E-state index is 5.83. The summed E-state index contributed by atoms with van der Waals surface area (Å²) >= 11 is 0. The third kappa shape index (κ3) is 3.44. The number of hydrogen-bond donors (Lipinski definition) is 1. The molecule has 2 aliphatic rings. The van der Waals surface area contributed by atoms with Crippen LogP contribution in [0.4, 0.5) is 0 Å². The van der Waals surface area contributed by atoms with E-state index in [4.69, 9.17) is 4.74 Å². The molecule has 3 heteroatoms. The molecule has 1 N–H and O–H groups in total. The van der Waals surface area contributed by atoms with Crippen LogP contribution in [0.5, 0.6) is 0 Å². The lowest BCUT2D eigenvalue weighted by atomic mass is 10.2. The quantitative estimate of drug-likeness (QED) is 0.759. The summed E-state index contributed by atoms with van der Waals surface area (Å²) < 4.78 is 5.83. The predicted octanol–water partition coefficient (Wildman–Crippen LogP) is 1.24. The van der Waals surface area contributed by atoms with Crippen molar-refractivity contribution in [1.29, 1.82) is 0 Å². The van der Waals surface area contributed by atoms with Gasteiger partial charge in [0.1, 0.15) is 0 Å². The lowest BCUT2D eigenvalue weighted by Gasteiger charge is -2.24. The van der Waals surface area contributed by atoms with Crippen LogP contribution in [0.3, 0.4) is 0 Å². The molecule has 2 aliphatic heterocycles. The highest BCUT2D eigenvalue weighted by Crippen LogP contribution is 2.19. The van der Waals surface area contributed by atoms with Gasteiger partial charge in [-0.1, -0.05) is 0 Å². The van der Waals surface area contributed by atoms with Gasteiger partial charge in [0.15, 0.2) is 0 Å². The van der Waals surface area contributed by atoms with Crippen LogP contribution < -0.4 is 5.32 Å². The molecule has 2 fully saturated rings. The summed E-state index contributed by atoms with van der Waals surface area (Å²) in [4.78, 5) is 2.42. The van der Waals surface area contributed by atoms with Crippen LogP contribution in [0.1, 0.15) is 32.6 Å². The summed E-state index contributed by atoms with van der Waals surface area (Å²) in [6.45, 7) is 5.66. The average molecular weight is 212 g/mol. The minimum atomic E-state index is 0.478. The van der Waals surface area contributed by atoms with E-state index in [1.165, 1.54) is 38.8 Å². The van der Waals surface area contributed by atoms with E-state index >= 15 is 0 Å². The zero-order valence-corrected chi connectivity index (χ0v) is 10.0. The highest BCUT2D eigenvalue weighted by atomic mass is 16.5. The second-order valence-electron chi connectivity index (χ2n) is 5.16. The Labute approximate surface area is 93.2 Å². The molecule has 0 amide bonds. The van der Waals surface area contributed by atoms with Gasteiger partial charge < -0.3 is 15.0 Å². The molecule has 88 valence electrons. The number of hydrogen-bond acceptors (Lipinski definition) is 3. The maximum Gasteiger partial charge on any atom is 0.0706 e. The summed E-state index contributed by atoms with van der Waals surface area (Å²) in [5, 5.41) is 3.54. The molecular weight excluding hydrogens is 188 g/mol. The molecule has 2 rings (SSSR count). The lowest BCUT2D eigenvalue weighted by Crippen LogP contribution is -2.38. The van der Waals surface area contributed by atoms with Crippen molar-refractivity contribution in [2.45, 2.75) is 50.9 Å². The molecule has 0 aliphatic carbocycles. The fourth-order valence-corrected chi connectivity index (χ4v) is 2.73. The molecular formula is C12H24N2O. The molecule has 0 aromatic heterocycles. The first-order chi connectivity index (χ1) is 7.24. The average Bonchev–Trinajstić information content (AvgIpc) is 2.77. The van der Waals surface area contributed by atoms with E-state index in [2.05, 4.69) is 24.2 Å². The normalized spacial score (nSPS) is 36.6. The Morgan fingerprint density at radius 3 is 2.73 bits per heavy atom. The van der Waals surface area contributed by atoms with Gasteiger partial charge in [-0.15, -0.1) is 0 Å². The van der Waals surface area contributed by atoms with Crippen molar-refractivity contribution in [3.63, 3.8) is 0 Å². The molecule has 0 aromatic carbocycles. The van der Waals surface area contributed by atoms with E-state index in [1.807, 2.05) is 0 Å². The molecule has 3 nitrogen and oxygen atoms in total. The van der Waals surface area contributed by atoms with Crippen molar-refractivity contribution in [2.75, 3.05) is 26.7 Å². The van der Waals surface area contributed by atoms with Gasteiger partial charge in [-0.25, -0.2) is 0 Å². The van der Waals surface area contributed by atoms with Gasteiger partial charge in [-0.05, 0) is 46.2 Å². The van der Waals surface area contributed by atoms with E-state index in [0.717, 1.165) is 6.54 Å². The van der Waals surface area contributed by atoms with Crippen molar-refractivity contribution < 1.29 is 4.74 Å². The summed E-state index contributed by atoms with van der Waals surface area (Å²) in [7, 11) is 2.21. The lowest BCUT2D eigenvalue weighted by molar-refractivity contribution is 0.0353. The van der Waals surface area contributed by atoms with Crippen molar-refractivity contribution in [2.24, 2.45) is 0 Å². The molecule has 15 heavy (non-hydrogen) atoms. The van der Waals surface area contributed by atoms with E-state index in [-0.39, 0.29) is 0 Å². The van der Waals surface area contributed by atoms with Gasteiger partial charge >= 0.3 is 0 Å². The van der Waals surface area contributed by atoms with E-state index < -0.39 is 0 Å². The number of ether oxygens (including phenoxy) is 1. The maximum absolute atomic E-state index is 5.83. The molecule has 0 saturated carbocycles. The SMILES string of the molecule is CC1CCC(CN(C)CC2CCCN2)O1. The second kappa shape index (κ2) is 5.28. The van der Waals surface area contributed by atoms with Crippen LogP contribution in [0.15, 0.2) is 0 Å². The standard InChI is InChI=1S/C12H24N2O/c1-10-5-6-12(15-10)9-14(2)8-11-4-3-7-13-11/h10-13H,3-9H2,1-2H3. The van der Waals surface area contributed by atoms with Crippen LogP contribution in [0, 0.1) is 0 Å². The van der Waals surface area contributed by atoms with Gasteiger partial charge in [-0.2, -0.15) is 0 Å². The Morgan fingerprint density at radius 1 is 1.27 bits per heavy atom. The fourth-order valence-electron chi connectivity index (χ4n) is 2.73. The Hall–Kier alpha value is -0.120. The minimum Gasteiger partial charge on any atom is -0.374 e. The molecule has 2 saturated heterocycles.